The van der Waals surface area contributed by atoms with Crippen molar-refractivity contribution in [2.45, 2.75) is 76.9 Å². The molecule has 2 aromatic heterocycles. The molecule has 5 fully saturated rings. The molecule has 11 heteroatoms. The highest BCUT2D eigenvalue weighted by Crippen LogP contribution is 2.78. The van der Waals surface area contributed by atoms with Crippen molar-refractivity contribution in [3.05, 3.63) is 54.1 Å². The number of amides is 1. The molecule has 0 bridgehead atoms. The Bertz CT molecular complexity index is 1660. The highest BCUT2D eigenvalue weighted by Gasteiger charge is 2.76. The number of aromatic nitrogens is 4. The van der Waals surface area contributed by atoms with E-state index in [-0.39, 0.29) is 11.8 Å². The van der Waals surface area contributed by atoms with Gasteiger partial charge in [-0.25, -0.2) is 14.8 Å². The average Bonchev–Trinajstić information content (AvgIpc) is 3.65. The van der Waals surface area contributed by atoms with Crippen LogP contribution in [0.5, 0.6) is 5.75 Å². The fourth-order valence-corrected chi connectivity index (χ4v) is 9.50. The molecular formula is C37H48N8O3. The van der Waals surface area contributed by atoms with Crippen LogP contribution in [0.1, 0.15) is 70.2 Å². The number of fused-ring (bicyclic) bond motifs is 1. The molecule has 0 radical (unpaired) electrons. The van der Waals surface area contributed by atoms with E-state index in [0.717, 1.165) is 88.8 Å². The van der Waals surface area contributed by atoms with Gasteiger partial charge < -0.3 is 30.3 Å². The molecule has 4 atom stereocenters. The topological polar surface area (TPSA) is 134 Å². The van der Waals surface area contributed by atoms with E-state index in [1.54, 1.807) is 12.1 Å². The zero-order chi connectivity index (χ0) is 33.2. The Morgan fingerprint density at radius 3 is 2.46 bits per heavy atom. The normalized spacial score (nSPS) is 27.7. The second-order valence-corrected chi connectivity index (χ2v) is 15.9. The maximum Gasteiger partial charge on any atom is 0.410 e. The summed E-state index contributed by atoms with van der Waals surface area (Å²) < 4.78 is 5.58. The van der Waals surface area contributed by atoms with Crippen molar-refractivity contribution in [2.24, 2.45) is 23.2 Å². The van der Waals surface area contributed by atoms with Crippen LogP contribution in [-0.4, -0.2) is 92.1 Å². The van der Waals surface area contributed by atoms with Gasteiger partial charge in [0.05, 0.1) is 11.4 Å². The van der Waals surface area contributed by atoms with Crippen LogP contribution >= 0.6 is 0 Å². The van der Waals surface area contributed by atoms with Gasteiger partial charge in [-0.15, -0.1) is 10.2 Å². The minimum atomic E-state index is -0.452. The standard InChI is InChI=1S/C37H48N8O3/c1-36(2,3)48-35(47)44-14-10-26(11-15-44)43-12-8-23(9-13-43)25-19-39-32(40-20-25)18-37-17-24-21-45(22-28(37)33(24)37)30-16-29(41-42-34(30)38)27-6-4-5-7-31(27)46/h4-7,16,19-20,23-24,26,28,33,46H,8-15,17-18,21-22H2,1-3H3,(H2,38,42). The molecule has 11 nitrogen and oxygen atoms in total. The second kappa shape index (κ2) is 11.9. The van der Waals surface area contributed by atoms with Gasteiger partial charge in [0, 0.05) is 56.6 Å². The van der Waals surface area contributed by atoms with E-state index in [1.807, 2.05) is 43.9 Å². The van der Waals surface area contributed by atoms with E-state index < -0.39 is 5.60 Å². The summed E-state index contributed by atoms with van der Waals surface area (Å²) in [6.07, 6.45) is 10.4. The van der Waals surface area contributed by atoms with Gasteiger partial charge in [-0.2, -0.15) is 0 Å². The Labute approximate surface area is 282 Å². The molecule has 3 saturated heterocycles. The van der Waals surface area contributed by atoms with E-state index in [1.165, 1.54) is 12.0 Å². The number of hydrogen-bond donors (Lipinski definition) is 2. The van der Waals surface area contributed by atoms with E-state index in [4.69, 9.17) is 20.4 Å². The lowest BCUT2D eigenvalue weighted by Gasteiger charge is -2.42. The van der Waals surface area contributed by atoms with Gasteiger partial charge in [-0.1, -0.05) is 12.1 Å². The number of rotatable bonds is 6. The monoisotopic (exact) mass is 652 g/mol. The first-order valence-electron chi connectivity index (χ1n) is 17.8. The molecule has 5 heterocycles. The summed E-state index contributed by atoms with van der Waals surface area (Å²) >= 11 is 0. The number of para-hydroxylation sites is 1. The molecule has 0 spiro atoms. The maximum absolute atomic E-state index is 12.5. The van der Waals surface area contributed by atoms with E-state index >= 15 is 0 Å². The number of nitrogen functional groups attached to an aromatic ring is 1. The van der Waals surface area contributed by atoms with Crippen molar-refractivity contribution < 1.29 is 14.6 Å². The Morgan fingerprint density at radius 2 is 1.75 bits per heavy atom. The van der Waals surface area contributed by atoms with Crippen LogP contribution in [0.2, 0.25) is 0 Å². The number of phenolic OH excluding ortho intramolecular Hbond substituents is 1. The number of phenols is 1. The van der Waals surface area contributed by atoms with Gasteiger partial charge in [0.2, 0.25) is 0 Å². The van der Waals surface area contributed by atoms with Crippen molar-refractivity contribution >= 4 is 17.6 Å². The number of hydrogen-bond acceptors (Lipinski definition) is 10. The molecule has 2 aliphatic carbocycles. The number of likely N-dealkylation sites (tertiary alicyclic amines) is 2. The van der Waals surface area contributed by atoms with Gasteiger partial charge in [0.25, 0.3) is 0 Å². The first-order valence-corrected chi connectivity index (χ1v) is 17.8. The van der Waals surface area contributed by atoms with Gasteiger partial charge >= 0.3 is 6.09 Å². The number of ether oxygens (including phenoxy) is 1. The van der Waals surface area contributed by atoms with Gasteiger partial charge in [0.1, 0.15) is 17.2 Å². The minimum Gasteiger partial charge on any atom is -0.507 e. The van der Waals surface area contributed by atoms with Crippen LogP contribution in [0, 0.1) is 23.2 Å². The molecular weight excluding hydrogens is 604 g/mol. The maximum atomic E-state index is 12.5. The zero-order valence-electron chi connectivity index (χ0n) is 28.4. The number of piperidine rings is 3. The third kappa shape index (κ3) is 5.73. The summed E-state index contributed by atoms with van der Waals surface area (Å²) in [5.74, 6) is 4.11. The molecule has 8 rings (SSSR count). The summed E-state index contributed by atoms with van der Waals surface area (Å²) in [5.41, 5.74) is 9.68. The van der Waals surface area contributed by atoms with Crippen molar-refractivity contribution in [1.29, 1.82) is 0 Å². The lowest BCUT2D eigenvalue weighted by molar-refractivity contribution is 0.0127. The number of carbonyl (C=O) groups is 1. The molecule has 5 aliphatic rings. The first kappa shape index (κ1) is 31.3. The largest absolute Gasteiger partial charge is 0.507 e. The van der Waals surface area contributed by atoms with Crippen LogP contribution < -0.4 is 10.6 Å². The molecule has 48 heavy (non-hydrogen) atoms. The lowest BCUT2D eigenvalue weighted by atomic mass is 9.72. The van der Waals surface area contributed by atoms with Gasteiger partial charge in [-0.3, -0.25) is 0 Å². The van der Waals surface area contributed by atoms with E-state index in [0.29, 0.717) is 46.3 Å². The van der Waals surface area contributed by atoms with Crippen molar-refractivity contribution in [3.8, 4) is 17.0 Å². The van der Waals surface area contributed by atoms with Crippen LogP contribution in [0.3, 0.4) is 0 Å². The summed E-state index contributed by atoms with van der Waals surface area (Å²) in [6.45, 7) is 11.4. The molecule has 3 N–H and O–H groups in total. The first-order chi connectivity index (χ1) is 23.1. The molecule has 1 amide bonds. The van der Waals surface area contributed by atoms with Crippen molar-refractivity contribution in [3.63, 3.8) is 0 Å². The molecule has 4 unspecified atom stereocenters. The van der Waals surface area contributed by atoms with Gasteiger partial charge in [0.15, 0.2) is 5.82 Å². The van der Waals surface area contributed by atoms with E-state index in [2.05, 4.69) is 32.4 Å². The smallest absolute Gasteiger partial charge is 0.410 e. The van der Waals surface area contributed by atoms with Crippen LogP contribution in [0.25, 0.3) is 11.3 Å². The number of carbonyl (C=O) groups excluding carboxylic acids is 1. The average molecular weight is 653 g/mol. The Morgan fingerprint density at radius 1 is 1.02 bits per heavy atom. The summed E-state index contributed by atoms with van der Waals surface area (Å²) in [6, 6.07) is 9.73. The Hall–Kier alpha value is -3.99. The lowest BCUT2D eigenvalue weighted by Crippen LogP contribution is -2.49. The second-order valence-electron chi connectivity index (χ2n) is 15.9. The van der Waals surface area contributed by atoms with E-state index in [9.17, 15) is 9.90 Å². The number of nitrogens with zero attached hydrogens (tertiary/aromatic N) is 7. The number of aromatic hydroxyl groups is 1. The fourth-order valence-electron chi connectivity index (χ4n) is 9.50. The molecule has 2 saturated carbocycles. The SMILES string of the molecule is CC(C)(C)OC(=O)N1CCC(N2CCC(c3cnc(CC45CC6CN(c7cc(-c8ccccc8O)nnc7N)CC4C65)nc3)CC2)CC1. The fraction of sp³-hybridized carbons (Fsp3) is 0.595. The third-order valence-corrected chi connectivity index (χ3v) is 11.9. The predicted molar refractivity (Wildman–Crippen MR) is 183 cm³/mol. The predicted octanol–water partition coefficient (Wildman–Crippen LogP) is 5.12. The number of anilines is 2. The van der Waals surface area contributed by atoms with Crippen molar-refractivity contribution in [2.75, 3.05) is 49.9 Å². The summed E-state index contributed by atoms with van der Waals surface area (Å²) in [5, 5.41) is 18.9. The highest BCUT2D eigenvalue weighted by atomic mass is 16.6. The number of benzene rings is 1. The highest BCUT2D eigenvalue weighted by molar-refractivity contribution is 5.74. The summed E-state index contributed by atoms with van der Waals surface area (Å²) in [4.78, 5) is 29.2. The Kier molecular flexibility index (Phi) is 7.73. The quantitative estimate of drug-likeness (QED) is 0.370. The minimum absolute atomic E-state index is 0.185. The molecule has 1 aromatic carbocycles. The third-order valence-electron chi connectivity index (χ3n) is 11.9. The van der Waals surface area contributed by atoms with Gasteiger partial charge in [-0.05, 0) is 119 Å². The molecule has 254 valence electrons. The molecule has 3 aliphatic heterocycles. The summed E-state index contributed by atoms with van der Waals surface area (Å²) in [7, 11) is 0. The van der Waals surface area contributed by atoms with Crippen molar-refractivity contribution in [1.82, 2.24) is 30.0 Å². The Balaban J connectivity index is 0.837. The van der Waals surface area contributed by atoms with Crippen LogP contribution in [0.4, 0.5) is 16.3 Å². The van der Waals surface area contributed by atoms with Crippen LogP contribution in [0.15, 0.2) is 42.7 Å². The number of nitrogens with two attached hydrogens (primary N) is 1. The molecule has 3 aromatic rings. The van der Waals surface area contributed by atoms with Crippen LogP contribution in [-0.2, 0) is 11.2 Å². The zero-order valence-corrected chi connectivity index (χ0v) is 28.4.